The molecule has 0 bridgehead atoms. The SMILES string of the molecule is CSC(SC)=C(C#N)C(=O)Nc1cccc2ccccc12. The molecule has 0 atom stereocenters. The van der Waals surface area contributed by atoms with Gasteiger partial charge in [0.25, 0.3) is 5.91 Å². The van der Waals surface area contributed by atoms with Crippen molar-refractivity contribution in [3.05, 3.63) is 52.3 Å². The number of anilines is 1. The van der Waals surface area contributed by atoms with Gasteiger partial charge >= 0.3 is 0 Å². The molecule has 0 aliphatic heterocycles. The third-order valence-corrected chi connectivity index (χ3v) is 5.10. The first-order valence-electron chi connectivity index (χ1n) is 6.22. The van der Waals surface area contributed by atoms with E-state index in [0.717, 1.165) is 15.0 Å². The van der Waals surface area contributed by atoms with Gasteiger partial charge in [0.1, 0.15) is 11.6 Å². The lowest BCUT2D eigenvalue weighted by Gasteiger charge is -2.09. The Morgan fingerprint density at radius 3 is 2.43 bits per heavy atom. The quantitative estimate of drug-likeness (QED) is 0.677. The van der Waals surface area contributed by atoms with E-state index in [2.05, 4.69) is 5.32 Å². The summed E-state index contributed by atoms with van der Waals surface area (Å²) in [6.07, 6.45) is 3.71. The summed E-state index contributed by atoms with van der Waals surface area (Å²) in [4.78, 5) is 12.3. The van der Waals surface area contributed by atoms with Crippen LogP contribution in [0, 0.1) is 11.3 Å². The number of benzene rings is 2. The highest BCUT2D eigenvalue weighted by Gasteiger charge is 2.15. The molecule has 0 spiro atoms. The first-order valence-corrected chi connectivity index (χ1v) is 8.67. The summed E-state index contributed by atoms with van der Waals surface area (Å²) in [6.45, 7) is 0. The lowest BCUT2D eigenvalue weighted by molar-refractivity contribution is -0.112. The molecule has 0 aromatic heterocycles. The third kappa shape index (κ3) is 3.41. The number of nitrogens with zero attached hydrogens (tertiary/aromatic N) is 1. The molecule has 0 fully saturated rings. The van der Waals surface area contributed by atoms with Crippen molar-refractivity contribution in [3.8, 4) is 6.07 Å². The average molecular weight is 314 g/mol. The molecule has 0 saturated carbocycles. The maximum Gasteiger partial charge on any atom is 0.268 e. The van der Waals surface area contributed by atoms with Crippen molar-refractivity contribution in [2.75, 3.05) is 17.8 Å². The van der Waals surface area contributed by atoms with E-state index < -0.39 is 0 Å². The molecule has 0 aliphatic carbocycles. The summed E-state index contributed by atoms with van der Waals surface area (Å²) in [5, 5.41) is 14.1. The zero-order valence-electron chi connectivity index (χ0n) is 11.7. The van der Waals surface area contributed by atoms with Crippen LogP contribution in [0.1, 0.15) is 0 Å². The third-order valence-electron chi connectivity index (χ3n) is 2.95. The van der Waals surface area contributed by atoms with E-state index >= 15 is 0 Å². The van der Waals surface area contributed by atoms with Crippen molar-refractivity contribution in [1.82, 2.24) is 0 Å². The number of hydrogen-bond acceptors (Lipinski definition) is 4. The van der Waals surface area contributed by atoms with Crippen LogP contribution in [0.3, 0.4) is 0 Å². The molecule has 0 saturated heterocycles. The molecule has 0 unspecified atom stereocenters. The molecule has 1 N–H and O–H groups in total. The smallest absolute Gasteiger partial charge is 0.268 e. The molecule has 2 rings (SSSR count). The van der Waals surface area contributed by atoms with Crippen molar-refractivity contribution >= 4 is 45.9 Å². The number of thioether (sulfide) groups is 2. The van der Waals surface area contributed by atoms with Crippen LogP contribution in [-0.4, -0.2) is 18.4 Å². The van der Waals surface area contributed by atoms with Crippen molar-refractivity contribution in [2.24, 2.45) is 0 Å². The maximum atomic E-state index is 12.3. The minimum absolute atomic E-state index is 0.155. The van der Waals surface area contributed by atoms with E-state index in [0.29, 0.717) is 5.69 Å². The Labute approximate surface area is 132 Å². The molecule has 2 aromatic rings. The minimum atomic E-state index is -0.368. The summed E-state index contributed by atoms with van der Waals surface area (Å²) in [5.41, 5.74) is 0.871. The summed E-state index contributed by atoms with van der Waals surface area (Å²) < 4.78 is 0.718. The zero-order chi connectivity index (χ0) is 15.2. The summed E-state index contributed by atoms with van der Waals surface area (Å²) in [7, 11) is 0. The molecular formula is C16H14N2OS2. The fraction of sp³-hybridized carbons (Fsp3) is 0.125. The minimum Gasteiger partial charge on any atom is -0.321 e. The van der Waals surface area contributed by atoms with E-state index in [1.165, 1.54) is 23.5 Å². The van der Waals surface area contributed by atoms with Gasteiger partial charge < -0.3 is 5.32 Å². The molecule has 0 heterocycles. The van der Waals surface area contributed by atoms with Crippen molar-refractivity contribution < 1.29 is 4.79 Å². The average Bonchev–Trinajstić information content (AvgIpc) is 2.52. The first-order chi connectivity index (χ1) is 10.2. The second kappa shape index (κ2) is 7.21. The van der Waals surface area contributed by atoms with Gasteiger partial charge in [-0.25, -0.2) is 0 Å². The molecular weight excluding hydrogens is 300 g/mol. The van der Waals surface area contributed by atoms with Gasteiger partial charge in [-0.3, -0.25) is 4.79 Å². The molecule has 5 heteroatoms. The van der Waals surface area contributed by atoms with Crippen LogP contribution < -0.4 is 5.32 Å². The van der Waals surface area contributed by atoms with Gasteiger partial charge in [-0.1, -0.05) is 36.4 Å². The van der Waals surface area contributed by atoms with Gasteiger partial charge in [0.05, 0.1) is 4.24 Å². The summed E-state index contributed by atoms with van der Waals surface area (Å²) >= 11 is 2.81. The molecule has 3 nitrogen and oxygen atoms in total. The van der Waals surface area contributed by atoms with Gasteiger partial charge in [0.15, 0.2) is 0 Å². The van der Waals surface area contributed by atoms with E-state index in [1.54, 1.807) is 0 Å². The van der Waals surface area contributed by atoms with Gasteiger partial charge in [-0.2, -0.15) is 5.26 Å². The maximum absolute atomic E-state index is 12.3. The molecule has 0 radical (unpaired) electrons. The fourth-order valence-corrected chi connectivity index (χ4v) is 3.35. The van der Waals surface area contributed by atoms with E-state index in [4.69, 9.17) is 0 Å². The lowest BCUT2D eigenvalue weighted by Crippen LogP contribution is -2.14. The van der Waals surface area contributed by atoms with Crippen LogP contribution in [-0.2, 0) is 4.79 Å². The van der Waals surface area contributed by atoms with Gasteiger partial charge in [-0.15, -0.1) is 23.5 Å². The van der Waals surface area contributed by atoms with E-state index in [-0.39, 0.29) is 11.5 Å². The molecule has 2 aromatic carbocycles. The van der Waals surface area contributed by atoms with E-state index in [9.17, 15) is 10.1 Å². The Morgan fingerprint density at radius 2 is 1.76 bits per heavy atom. The van der Waals surface area contributed by atoms with Crippen LogP contribution in [0.5, 0.6) is 0 Å². The van der Waals surface area contributed by atoms with Crippen molar-refractivity contribution in [1.29, 1.82) is 5.26 Å². The first kappa shape index (κ1) is 15.5. The largest absolute Gasteiger partial charge is 0.321 e. The molecule has 106 valence electrons. The summed E-state index contributed by atoms with van der Waals surface area (Å²) in [6, 6.07) is 15.5. The highest BCUT2D eigenvalue weighted by molar-refractivity contribution is 8.21. The normalized spacial score (nSPS) is 9.95. The van der Waals surface area contributed by atoms with Crippen molar-refractivity contribution in [2.45, 2.75) is 0 Å². The predicted molar refractivity (Wildman–Crippen MR) is 92.2 cm³/mol. The Kier molecular flexibility index (Phi) is 5.32. The topological polar surface area (TPSA) is 52.9 Å². The predicted octanol–water partition coefficient (Wildman–Crippen LogP) is 4.24. The number of hydrogen-bond donors (Lipinski definition) is 1. The Morgan fingerprint density at radius 1 is 1.10 bits per heavy atom. The number of fused-ring (bicyclic) bond motifs is 1. The fourth-order valence-electron chi connectivity index (χ4n) is 2.00. The molecule has 21 heavy (non-hydrogen) atoms. The Bertz CT molecular complexity index is 736. The standard InChI is InChI=1S/C16H14N2OS2/c1-20-16(21-2)13(10-17)15(19)18-14-9-5-7-11-6-3-4-8-12(11)14/h3-9H,1-2H3,(H,18,19). The highest BCUT2D eigenvalue weighted by Crippen LogP contribution is 2.29. The number of amides is 1. The zero-order valence-corrected chi connectivity index (χ0v) is 13.3. The van der Waals surface area contributed by atoms with Crippen LogP contribution in [0.4, 0.5) is 5.69 Å². The van der Waals surface area contributed by atoms with Crippen LogP contribution in [0.2, 0.25) is 0 Å². The number of rotatable bonds is 4. The number of carbonyl (C=O) groups is 1. The van der Waals surface area contributed by atoms with Gasteiger partial charge in [0, 0.05) is 11.1 Å². The Hall–Kier alpha value is -1.90. The van der Waals surface area contributed by atoms with Gasteiger partial charge in [0.2, 0.25) is 0 Å². The second-order valence-corrected chi connectivity index (χ2v) is 6.05. The van der Waals surface area contributed by atoms with E-state index in [1.807, 2.05) is 61.0 Å². The summed E-state index contributed by atoms with van der Waals surface area (Å²) in [5.74, 6) is -0.368. The molecule has 0 aliphatic rings. The van der Waals surface area contributed by atoms with Crippen LogP contribution in [0.25, 0.3) is 10.8 Å². The van der Waals surface area contributed by atoms with Crippen LogP contribution in [0.15, 0.2) is 52.3 Å². The monoisotopic (exact) mass is 314 g/mol. The van der Waals surface area contributed by atoms with Crippen molar-refractivity contribution in [3.63, 3.8) is 0 Å². The number of nitrogens with one attached hydrogen (secondary N) is 1. The highest BCUT2D eigenvalue weighted by atomic mass is 32.2. The lowest BCUT2D eigenvalue weighted by atomic mass is 10.1. The Balaban J connectivity index is 2.39. The molecule has 1 amide bonds. The number of carbonyl (C=O) groups excluding carboxylic acids is 1. The van der Waals surface area contributed by atoms with Crippen LogP contribution >= 0.6 is 23.5 Å². The second-order valence-electron chi connectivity index (χ2n) is 4.16. The van der Waals surface area contributed by atoms with Gasteiger partial charge in [-0.05, 0) is 24.0 Å². The number of nitriles is 1.